The second-order valence-corrected chi connectivity index (χ2v) is 7.29. The van der Waals surface area contributed by atoms with Crippen LogP contribution in [0.15, 0.2) is 10.0 Å². The number of hydrogen-bond donors (Lipinski definition) is 1. The van der Waals surface area contributed by atoms with Gasteiger partial charge in [-0.15, -0.1) is 11.3 Å². The lowest BCUT2D eigenvalue weighted by Crippen LogP contribution is -2.41. The molecule has 7 nitrogen and oxygen atoms in total. The molecule has 0 radical (unpaired) electrons. The Kier molecular flexibility index (Phi) is 3.45. The first-order chi connectivity index (χ1) is 8.69. The van der Waals surface area contributed by atoms with Crippen LogP contribution in [0, 0.1) is 6.92 Å². The van der Waals surface area contributed by atoms with Crippen molar-refractivity contribution in [2.24, 2.45) is 0 Å². The summed E-state index contributed by atoms with van der Waals surface area (Å²) in [6, 6.07) is 0. The first-order valence-corrected chi connectivity index (χ1v) is 8.20. The van der Waals surface area contributed by atoms with E-state index in [1.54, 1.807) is 19.4 Å². The molecule has 0 saturated carbocycles. The Bertz CT molecular complexity index is 687. The molecule has 2 rings (SSSR count). The zero-order valence-corrected chi connectivity index (χ0v) is 12.6. The lowest BCUT2D eigenvalue weighted by Gasteiger charge is -2.20. The van der Waals surface area contributed by atoms with Crippen LogP contribution >= 0.6 is 11.3 Å². The highest BCUT2D eigenvalue weighted by atomic mass is 32.2. The second-order valence-electron chi connectivity index (χ2n) is 4.69. The van der Waals surface area contributed by atoms with E-state index >= 15 is 0 Å². The summed E-state index contributed by atoms with van der Waals surface area (Å²) in [5, 5.41) is 3.83. The first kappa shape index (κ1) is 14.1. The normalized spacial score (nSPS) is 12.8. The molecule has 0 aliphatic carbocycles. The Morgan fingerprint density at radius 3 is 2.63 bits per heavy atom. The Hall–Kier alpha value is -1.32. The van der Waals surface area contributed by atoms with E-state index in [0.717, 1.165) is 16.8 Å². The zero-order valence-electron chi connectivity index (χ0n) is 11.0. The number of nitrogens with zero attached hydrogens (tertiary/aromatic N) is 3. The number of hydrogen-bond acceptors (Lipinski definition) is 7. The third kappa shape index (κ3) is 3.17. The molecule has 9 heteroatoms. The van der Waals surface area contributed by atoms with Crippen molar-refractivity contribution >= 4 is 21.4 Å². The van der Waals surface area contributed by atoms with E-state index in [4.69, 9.17) is 4.52 Å². The van der Waals surface area contributed by atoms with Gasteiger partial charge in [0.05, 0.1) is 23.0 Å². The van der Waals surface area contributed by atoms with Crippen molar-refractivity contribution in [2.45, 2.75) is 26.3 Å². The van der Waals surface area contributed by atoms with Gasteiger partial charge in [-0.1, -0.05) is 5.16 Å². The summed E-state index contributed by atoms with van der Waals surface area (Å²) >= 11 is 1.39. The molecule has 0 fully saturated rings. The smallest absolute Gasteiger partial charge is 0.269 e. The summed E-state index contributed by atoms with van der Waals surface area (Å²) in [7, 11) is -3.36. The molecule has 0 saturated heterocycles. The topological polar surface area (TPSA) is 98.0 Å². The predicted molar refractivity (Wildman–Crippen MR) is 71.1 cm³/mol. The van der Waals surface area contributed by atoms with Crippen LogP contribution in [0.5, 0.6) is 0 Å². The van der Waals surface area contributed by atoms with Gasteiger partial charge in [-0.2, -0.15) is 4.98 Å². The SMILES string of the molecule is Cc1ncsc1-c1nc(C(C)(C)NS(C)(=O)=O)no1. The highest BCUT2D eigenvalue weighted by Crippen LogP contribution is 2.27. The largest absolute Gasteiger partial charge is 0.333 e. The van der Waals surface area contributed by atoms with E-state index in [1.165, 1.54) is 11.3 Å². The van der Waals surface area contributed by atoms with Crippen molar-refractivity contribution in [1.29, 1.82) is 0 Å². The molecule has 0 atom stereocenters. The molecule has 0 aromatic carbocycles. The number of aromatic nitrogens is 3. The number of aryl methyl sites for hydroxylation is 1. The maximum atomic E-state index is 11.3. The predicted octanol–water partition coefficient (Wildman–Crippen LogP) is 1.29. The molecule has 2 aromatic heterocycles. The van der Waals surface area contributed by atoms with Crippen LogP contribution < -0.4 is 4.72 Å². The van der Waals surface area contributed by atoms with Gasteiger partial charge in [0.1, 0.15) is 4.88 Å². The van der Waals surface area contributed by atoms with E-state index in [0.29, 0.717) is 5.89 Å². The van der Waals surface area contributed by atoms with Gasteiger partial charge in [0, 0.05) is 0 Å². The molecule has 0 aliphatic heterocycles. The van der Waals surface area contributed by atoms with Crippen LogP contribution in [0.1, 0.15) is 25.4 Å². The average Bonchev–Trinajstić information content (AvgIpc) is 2.81. The highest BCUT2D eigenvalue weighted by molar-refractivity contribution is 7.88. The molecule has 2 heterocycles. The minimum absolute atomic E-state index is 0.278. The number of thiazole rings is 1. The Morgan fingerprint density at radius 2 is 2.11 bits per heavy atom. The van der Waals surface area contributed by atoms with Crippen LogP contribution in [0.4, 0.5) is 0 Å². The van der Waals surface area contributed by atoms with Gasteiger partial charge in [-0.05, 0) is 20.8 Å². The Labute approximate surface area is 115 Å². The third-order valence-electron chi connectivity index (χ3n) is 2.37. The zero-order chi connectivity index (χ0) is 14.3. The quantitative estimate of drug-likeness (QED) is 0.913. The van der Waals surface area contributed by atoms with Gasteiger partial charge in [-0.3, -0.25) is 0 Å². The fourth-order valence-corrected chi connectivity index (χ4v) is 3.33. The van der Waals surface area contributed by atoms with Crippen LogP contribution in [0.3, 0.4) is 0 Å². The maximum Gasteiger partial charge on any atom is 0.269 e. The average molecular weight is 302 g/mol. The van der Waals surface area contributed by atoms with Crippen molar-refractivity contribution in [3.05, 3.63) is 17.0 Å². The first-order valence-electron chi connectivity index (χ1n) is 5.42. The Morgan fingerprint density at radius 1 is 1.42 bits per heavy atom. The van der Waals surface area contributed by atoms with Crippen LogP contribution in [-0.2, 0) is 15.6 Å². The Balaban J connectivity index is 2.34. The molecule has 1 N–H and O–H groups in total. The van der Waals surface area contributed by atoms with Gasteiger partial charge >= 0.3 is 0 Å². The van der Waals surface area contributed by atoms with E-state index in [9.17, 15) is 8.42 Å². The lowest BCUT2D eigenvalue weighted by atomic mass is 10.1. The van der Waals surface area contributed by atoms with Gasteiger partial charge in [0.15, 0.2) is 5.82 Å². The number of rotatable bonds is 4. The second kappa shape index (κ2) is 4.66. The molecular weight excluding hydrogens is 288 g/mol. The van der Waals surface area contributed by atoms with Crippen LogP contribution in [0.25, 0.3) is 10.8 Å². The van der Waals surface area contributed by atoms with Gasteiger partial charge in [0.25, 0.3) is 5.89 Å². The summed E-state index contributed by atoms with van der Waals surface area (Å²) < 4.78 is 30.2. The molecule has 0 bridgehead atoms. The van der Waals surface area contributed by atoms with E-state index in [-0.39, 0.29) is 5.82 Å². The van der Waals surface area contributed by atoms with Gasteiger partial charge in [-0.25, -0.2) is 18.1 Å². The van der Waals surface area contributed by atoms with Crippen molar-refractivity contribution < 1.29 is 12.9 Å². The fourth-order valence-electron chi connectivity index (χ4n) is 1.59. The summed E-state index contributed by atoms with van der Waals surface area (Å²) in [5.74, 6) is 0.624. The summed E-state index contributed by atoms with van der Waals surface area (Å²) in [6.45, 7) is 5.18. The molecule has 0 aliphatic rings. The minimum atomic E-state index is -3.36. The van der Waals surface area contributed by atoms with E-state index < -0.39 is 15.6 Å². The lowest BCUT2D eigenvalue weighted by molar-refractivity contribution is 0.382. The van der Waals surface area contributed by atoms with E-state index in [2.05, 4.69) is 19.8 Å². The van der Waals surface area contributed by atoms with Crippen molar-refractivity contribution in [1.82, 2.24) is 19.8 Å². The minimum Gasteiger partial charge on any atom is -0.333 e. The number of nitrogens with one attached hydrogen (secondary N) is 1. The maximum absolute atomic E-state index is 11.3. The molecule has 19 heavy (non-hydrogen) atoms. The summed E-state index contributed by atoms with van der Waals surface area (Å²) in [4.78, 5) is 9.12. The number of sulfonamides is 1. The van der Waals surface area contributed by atoms with Crippen molar-refractivity contribution in [3.8, 4) is 10.8 Å². The van der Waals surface area contributed by atoms with Crippen LogP contribution in [0.2, 0.25) is 0 Å². The van der Waals surface area contributed by atoms with Crippen molar-refractivity contribution in [3.63, 3.8) is 0 Å². The molecular formula is C10H14N4O3S2. The van der Waals surface area contributed by atoms with Gasteiger partial charge in [0.2, 0.25) is 10.0 Å². The molecule has 0 spiro atoms. The molecule has 104 valence electrons. The molecule has 2 aromatic rings. The van der Waals surface area contributed by atoms with Gasteiger partial charge < -0.3 is 4.52 Å². The van der Waals surface area contributed by atoms with Crippen LogP contribution in [-0.4, -0.2) is 29.8 Å². The summed E-state index contributed by atoms with van der Waals surface area (Å²) in [5.41, 5.74) is 1.55. The standard InChI is InChI=1S/C10H14N4O3S2/c1-6-7(18-5-11-6)8-12-9(13-17-8)10(2,3)14-19(4,15)16/h5,14H,1-4H3. The molecule has 0 unspecified atom stereocenters. The van der Waals surface area contributed by atoms with E-state index in [1.807, 2.05) is 6.92 Å². The highest BCUT2D eigenvalue weighted by Gasteiger charge is 2.30. The molecule has 0 amide bonds. The summed E-state index contributed by atoms with van der Waals surface area (Å²) in [6.07, 6.45) is 1.09. The third-order valence-corrected chi connectivity index (χ3v) is 4.16. The fraction of sp³-hybridized carbons (Fsp3) is 0.500. The van der Waals surface area contributed by atoms with Crippen molar-refractivity contribution in [2.75, 3.05) is 6.26 Å². The monoisotopic (exact) mass is 302 g/mol.